The van der Waals surface area contributed by atoms with E-state index in [1.54, 1.807) is 11.1 Å². The Morgan fingerprint density at radius 3 is 3.06 bits per heavy atom. The van der Waals surface area contributed by atoms with Gasteiger partial charge in [-0.05, 0) is 19.1 Å². The van der Waals surface area contributed by atoms with Crippen molar-refractivity contribution in [2.24, 2.45) is 0 Å². The van der Waals surface area contributed by atoms with E-state index in [0.29, 0.717) is 19.5 Å². The van der Waals surface area contributed by atoms with Gasteiger partial charge in [-0.15, -0.1) is 0 Å². The number of hydrogen-bond donors (Lipinski definition) is 1. The maximum absolute atomic E-state index is 11.6. The van der Waals surface area contributed by atoms with Gasteiger partial charge in [0, 0.05) is 25.7 Å². The SMILES string of the molecule is CC(=O)CCN1CC(c2ccccn2)NC1=O. The van der Waals surface area contributed by atoms with E-state index in [-0.39, 0.29) is 17.9 Å². The molecule has 0 bridgehead atoms. The van der Waals surface area contributed by atoms with Crippen LogP contribution in [-0.4, -0.2) is 34.8 Å². The summed E-state index contributed by atoms with van der Waals surface area (Å²) < 4.78 is 0. The van der Waals surface area contributed by atoms with Crippen molar-refractivity contribution in [2.45, 2.75) is 19.4 Å². The number of Topliss-reactive ketones (excluding diaryl/α,β-unsaturated/α-hetero) is 1. The highest BCUT2D eigenvalue weighted by Gasteiger charge is 2.29. The van der Waals surface area contributed by atoms with E-state index in [2.05, 4.69) is 10.3 Å². The maximum Gasteiger partial charge on any atom is 0.318 e. The lowest BCUT2D eigenvalue weighted by atomic mass is 10.2. The molecule has 2 rings (SSSR count). The number of nitrogens with one attached hydrogen (secondary N) is 1. The molecule has 0 radical (unpaired) electrons. The number of carbonyl (C=O) groups excluding carboxylic acids is 2. The van der Waals surface area contributed by atoms with Gasteiger partial charge in [0.15, 0.2) is 0 Å². The highest BCUT2D eigenvalue weighted by Crippen LogP contribution is 2.18. The highest BCUT2D eigenvalue weighted by molar-refractivity contribution is 5.79. The van der Waals surface area contributed by atoms with Gasteiger partial charge in [0.05, 0.1) is 11.7 Å². The van der Waals surface area contributed by atoms with Gasteiger partial charge >= 0.3 is 6.03 Å². The molecule has 1 aliphatic heterocycles. The predicted molar refractivity (Wildman–Crippen MR) is 62.4 cm³/mol. The maximum atomic E-state index is 11.6. The van der Waals surface area contributed by atoms with E-state index in [0.717, 1.165) is 5.69 Å². The third kappa shape index (κ3) is 2.81. The summed E-state index contributed by atoms with van der Waals surface area (Å²) in [7, 11) is 0. The number of rotatable bonds is 4. The lowest BCUT2D eigenvalue weighted by molar-refractivity contribution is -0.117. The van der Waals surface area contributed by atoms with Crippen LogP contribution < -0.4 is 5.32 Å². The second-order valence-electron chi connectivity index (χ2n) is 4.15. The Hall–Kier alpha value is -1.91. The normalized spacial score (nSPS) is 19.2. The monoisotopic (exact) mass is 233 g/mol. The molecule has 1 fully saturated rings. The second-order valence-corrected chi connectivity index (χ2v) is 4.15. The summed E-state index contributed by atoms with van der Waals surface area (Å²) in [5.74, 6) is 0.0964. The molecule has 1 aromatic rings. The molecule has 1 unspecified atom stereocenters. The first-order valence-electron chi connectivity index (χ1n) is 5.62. The van der Waals surface area contributed by atoms with Crippen LogP contribution in [0, 0.1) is 0 Å². The fourth-order valence-corrected chi connectivity index (χ4v) is 1.82. The summed E-state index contributed by atoms with van der Waals surface area (Å²) in [5, 5.41) is 2.86. The van der Waals surface area contributed by atoms with Crippen LogP contribution in [0.5, 0.6) is 0 Å². The minimum absolute atomic E-state index is 0.0735. The van der Waals surface area contributed by atoms with Crippen molar-refractivity contribution in [3.8, 4) is 0 Å². The first kappa shape index (κ1) is 11.6. The molecular weight excluding hydrogens is 218 g/mol. The van der Waals surface area contributed by atoms with Crippen molar-refractivity contribution in [3.05, 3.63) is 30.1 Å². The molecular formula is C12H15N3O2. The van der Waals surface area contributed by atoms with E-state index in [1.807, 2.05) is 18.2 Å². The van der Waals surface area contributed by atoms with Gasteiger partial charge in [-0.25, -0.2) is 4.79 Å². The van der Waals surface area contributed by atoms with Crippen LogP contribution in [-0.2, 0) is 4.79 Å². The number of nitrogens with zero attached hydrogens (tertiary/aromatic N) is 2. The molecule has 0 aromatic carbocycles. The van der Waals surface area contributed by atoms with Crippen molar-refractivity contribution < 1.29 is 9.59 Å². The zero-order valence-electron chi connectivity index (χ0n) is 9.72. The van der Waals surface area contributed by atoms with Crippen LogP contribution in [0.15, 0.2) is 24.4 Å². The van der Waals surface area contributed by atoms with Crippen molar-refractivity contribution >= 4 is 11.8 Å². The van der Waals surface area contributed by atoms with E-state index in [4.69, 9.17) is 0 Å². The Labute approximate surface area is 99.8 Å². The summed E-state index contributed by atoms with van der Waals surface area (Å²) in [5.41, 5.74) is 0.853. The topological polar surface area (TPSA) is 62.3 Å². The molecule has 0 spiro atoms. The van der Waals surface area contributed by atoms with Crippen LogP contribution in [0.2, 0.25) is 0 Å². The minimum Gasteiger partial charge on any atom is -0.328 e. The molecule has 90 valence electrons. The fourth-order valence-electron chi connectivity index (χ4n) is 1.82. The van der Waals surface area contributed by atoms with Gasteiger partial charge in [-0.3, -0.25) is 9.78 Å². The van der Waals surface area contributed by atoms with Gasteiger partial charge in [0.2, 0.25) is 0 Å². The third-order valence-electron chi connectivity index (χ3n) is 2.77. The summed E-state index contributed by atoms with van der Waals surface area (Å²) in [6.07, 6.45) is 2.11. The number of aromatic nitrogens is 1. The molecule has 1 saturated heterocycles. The molecule has 17 heavy (non-hydrogen) atoms. The number of ketones is 1. The molecule has 2 amide bonds. The zero-order chi connectivity index (χ0) is 12.3. The highest BCUT2D eigenvalue weighted by atomic mass is 16.2. The molecule has 5 heteroatoms. The minimum atomic E-state index is -0.123. The number of carbonyl (C=O) groups is 2. The van der Waals surface area contributed by atoms with Crippen LogP contribution in [0.25, 0.3) is 0 Å². The number of hydrogen-bond acceptors (Lipinski definition) is 3. The van der Waals surface area contributed by atoms with Crippen molar-refractivity contribution in [3.63, 3.8) is 0 Å². The zero-order valence-corrected chi connectivity index (χ0v) is 9.72. The average molecular weight is 233 g/mol. The van der Waals surface area contributed by atoms with E-state index in [9.17, 15) is 9.59 Å². The van der Waals surface area contributed by atoms with E-state index in [1.165, 1.54) is 6.92 Å². The van der Waals surface area contributed by atoms with Crippen LogP contribution >= 0.6 is 0 Å². The smallest absolute Gasteiger partial charge is 0.318 e. The lowest BCUT2D eigenvalue weighted by Crippen LogP contribution is -2.29. The van der Waals surface area contributed by atoms with Gasteiger partial charge in [0.1, 0.15) is 5.78 Å². The largest absolute Gasteiger partial charge is 0.328 e. The first-order chi connectivity index (χ1) is 8.16. The van der Waals surface area contributed by atoms with Gasteiger partial charge in [0.25, 0.3) is 0 Å². The molecule has 1 N–H and O–H groups in total. The Morgan fingerprint density at radius 1 is 1.59 bits per heavy atom. The quantitative estimate of drug-likeness (QED) is 0.847. The van der Waals surface area contributed by atoms with Gasteiger partial charge in [-0.1, -0.05) is 6.07 Å². The summed E-state index contributed by atoms with van der Waals surface area (Å²) >= 11 is 0. The Morgan fingerprint density at radius 2 is 2.41 bits per heavy atom. The Kier molecular flexibility index (Phi) is 3.37. The summed E-state index contributed by atoms with van der Waals surface area (Å²) in [6.45, 7) is 2.58. The van der Waals surface area contributed by atoms with Crippen LogP contribution in [0.3, 0.4) is 0 Å². The number of amides is 2. The summed E-state index contributed by atoms with van der Waals surface area (Å²) in [6, 6.07) is 5.43. The Bertz CT molecular complexity index is 419. The molecule has 1 aromatic heterocycles. The molecule has 2 heterocycles. The van der Waals surface area contributed by atoms with Crippen molar-refractivity contribution in [2.75, 3.05) is 13.1 Å². The average Bonchev–Trinajstić information content (AvgIpc) is 2.69. The van der Waals surface area contributed by atoms with Crippen molar-refractivity contribution in [1.29, 1.82) is 0 Å². The second kappa shape index (κ2) is 4.95. The first-order valence-corrected chi connectivity index (χ1v) is 5.62. The number of urea groups is 1. The van der Waals surface area contributed by atoms with Crippen LogP contribution in [0.1, 0.15) is 25.1 Å². The van der Waals surface area contributed by atoms with Gasteiger partial charge in [-0.2, -0.15) is 0 Å². The summed E-state index contributed by atoms with van der Waals surface area (Å²) in [4.78, 5) is 28.4. The van der Waals surface area contributed by atoms with Gasteiger partial charge < -0.3 is 10.2 Å². The predicted octanol–water partition coefficient (Wildman–Crippen LogP) is 1.13. The van der Waals surface area contributed by atoms with E-state index < -0.39 is 0 Å². The van der Waals surface area contributed by atoms with Crippen molar-refractivity contribution in [1.82, 2.24) is 15.2 Å². The number of pyridine rings is 1. The standard InChI is InChI=1S/C12H15N3O2/c1-9(16)5-7-15-8-11(14-12(15)17)10-4-2-3-6-13-10/h2-4,6,11H,5,7-8H2,1H3,(H,14,17). The fraction of sp³-hybridized carbons (Fsp3) is 0.417. The molecule has 0 aliphatic carbocycles. The molecule has 1 atom stereocenters. The molecule has 1 aliphatic rings. The molecule has 5 nitrogen and oxygen atoms in total. The molecule has 0 saturated carbocycles. The van der Waals surface area contributed by atoms with E-state index >= 15 is 0 Å². The van der Waals surface area contributed by atoms with Crippen LogP contribution in [0.4, 0.5) is 4.79 Å². The third-order valence-corrected chi connectivity index (χ3v) is 2.77. The Balaban J connectivity index is 1.97. The lowest BCUT2D eigenvalue weighted by Gasteiger charge is -2.13.